The molecular weight excluding hydrogens is 202 g/mol. The lowest BCUT2D eigenvalue weighted by molar-refractivity contribution is 0.0600. The van der Waals surface area contributed by atoms with Crippen molar-refractivity contribution in [2.45, 2.75) is 6.92 Å². The summed E-state index contributed by atoms with van der Waals surface area (Å²) < 4.78 is 4.70. The van der Waals surface area contributed by atoms with Crippen LogP contribution in [-0.4, -0.2) is 26.7 Å². The number of benzene rings is 1. The van der Waals surface area contributed by atoms with Crippen LogP contribution in [0.5, 0.6) is 0 Å². The lowest BCUT2D eigenvalue weighted by atomic mass is 10.1. The van der Waals surface area contributed by atoms with E-state index in [1.807, 2.05) is 26.1 Å². The summed E-state index contributed by atoms with van der Waals surface area (Å²) in [5.74, 6) is 5.59. The molecule has 0 aliphatic rings. The number of esters is 1. The van der Waals surface area contributed by atoms with Gasteiger partial charge in [0.1, 0.15) is 0 Å². The topological polar surface area (TPSA) is 38.3 Å². The molecular formula is C13H15NO2. The Kier molecular flexibility index (Phi) is 4.56. The third-order valence-corrected chi connectivity index (χ3v) is 2.14. The van der Waals surface area contributed by atoms with Crippen molar-refractivity contribution in [3.8, 4) is 11.8 Å². The fourth-order valence-corrected chi connectivity index (χ4v) is 1.26. The minimum absolute atomic E-state index is 0.324. The molecule has 3 nitrogen and oxygen atoms in total. The molecule has 1 aromatic carbocycles. The van der Waals surface area contributed by atoms with Gasteiger partial charge in [0.2, 0.25) is 0 Å². The average molecular weight is 217 g/mol. The van der Waals surface area contributed by atoms with Crippen LogP contribution in [0, 0.1) is 18.8 Å². The number of rotatable bonds is 2. The highest BCUT2D eigenvalue weighted by Gasteiger charge is 2.08. The number of hydrogen-bond acceptors (Lipinski definition) is 3. The molecule has 0 fully saturated rings. The van der Waals surface area contributed by atoms with Crippen molar-refractivity contribution in [1.82, 2.24) is 5.32 Å². The van der Waals surface area contributed by atoms with E-state index in [1.165, 1.54) is 7.11 Å². The van der Waals surface area contributed by atoms with Crippen LogP contribution in [0.2, 0.25) is 0 Å². The minimum atomic E-state index is -0.324. The van der Waals surface area contributed by atoms with Crippen LogP contribution in [0.3, 0.4) is 0 Å². The summed E-state index contributed by atoms with van der Waals surface area (Å²) in [6.07, 6.45) is 0. The van der Waals surface area contributed by atoms with Crippen LogP contribution in [0.15, 0.2) is 18.2 Å². The number of carbonyl (C=O) groups is 1. The minimum Gasteiger partial charge on any atom is -0.465 e. The van der Waals surface area contributed by atoms with Crippen molar-refractivity contribution in [1.29, 1.82) is 0 Å². The Morgan fingerprint density at radius 1 is 1.50 bits per heavy atom. The summed E-state index contributed by atoms with van der Waals surface area (Å²) in [5, 5.41) is 2.93. The van der Waals surface area contributed by atoms with E-state index >= 15 is 0 Å². The fraction of sp³-hybridized carbons (Fsp3) is 0.308. The van der Waals surface area contributed by atoms with Crippen molar-refractivity contribution < 1.29 is 9.53 Å². The van der Waals surface area contributed by atoms with Gasteiger partial charge < -0.3 is 10.1 Å². The van der Waals surface area contributed by atoms with Crippen LogP contribution in [-0.2, 0) is 4.74 Å². The Bertz CT molecular complexity index is 441. The van der Waals surface area contributed by atoms with Gasteiger partial charge in [-0.15, -0.1) is 0 Å². The molecule has 0 heterocycles. The Morgan fingerprint density at radius 3 is 2.88 bits per heavy atom. The maximum Gasteiger partial charge on any atom is 0.338 e. The first kappa shape index (κ1) is 12.3. The van der Waals surface area contributed by atoms with Crippen LogP contribution < -0.4 is 5.32 Å². The number of nitrogens with one attached hydrogen (secondary N) is 1. The summed E-state index contributed by atoms with van der Waals surface area (Å²) >= 11 is 0. The Morgan fingerprint density at radius 2 is 2.25 bits per heavy atom. The first-order valence-corrected chi connectivity index (χ1v) is 5.01. The van der Waals surface area contributed by atoms with E-state index in [-0.39, 0.29) is 5.97 Å². The fourth-order valence-electron chi connectivity index (χ4n) is 1.26. The van der Waals surface area contributed by atoms with Gasteiger partial charge in [-0.2, -0.15) is 0 Å². The zero-order valence-electron chi connectivity index (χ0n) is 9.76. The second-order valence-corrected chi connectivity index (χ2v) is 3.35. The number of aryl methyl sites for hydroxylation is 1. The van der Waals surface area contributed by atoms with Crippen molar-refractivity contribution in [2.75, 3.05) is 20.7 Å². The molecule has 0 aliphatic carbocycles. The number of methoxy groups -OCH3 is 1. The van der Waals surface area contributed by atoms with E-state index in [2.05, 4.69) is 17.2 Å². The highest BCUT2D eigenvalue weighted by Crippen LogP contribution is 2.11. The van der Waals surface area contributed by atoms with E-state index in [0.717, 1.165) is 11.1 Å². The van der Waals surface area contributed by atoms with Crippen molar-refractivity contribution in [3.63, 3.8) is 0 Å². The molecule has 0 aromatic heterocycles. The smallest absolute Gasteiger partial charge is 0.338 e. The number of ether oxygens (including phenoxy) is 1. The van der Waals surface area contributed by atoms with Gasteiger partial charge in [0, 0.05) is 5.56 Å². The molecule has 1 rings (SSSR count). The molecule has 1 N–H and O–H groups in total. The van der Waals surface area contributed by atoms with Gasteiger partial charge in [0.05, 0.1) is 19.2 Å². The third kappa shape index (κ3) is 3.11. The predicted molar refractivity (Wildman–Crippen MR) is 63.3 cm³/mol. The van der Waals surface area contributed by atoms with Gasteiger partial charge in [0.15, 0.2) is 0 Å². The van der Waals surface area contributed by atoms with Gasteiger partial charge in [0.25, 0.3) is 0 Å². The predicted octanol–water partition coefficient (Wildman–Crippen LogP) is 1.35. The zero-order valence-corrected chi connectivity index (χ0v) is 9.76. The molecule has 3 heteroatoms. The number of hydrogen-bond donors (Lipinski definition) is 1. The monoisotopic (exact) mass is 217 g/mol. The molecule has 0 unspecified atom stereocenters. The standard InChI is InChI=1S/C13H15NO2/c1-10-6-7-11(5-4-8-14-2)9-12(10)13(15)16-3/h6-7,9,14H,8H2,1-3H3. The van der Waals surface area contributed by atoms with Crippen LogP contribution in [0.1, 0.15) is 21.5 Å². The van der Waals surface area contributed by atoms with Gasteiger partial charge in [-0.05, 0) is 31.7 Å². The van der Waals surface area contributed by atoms with Crippen molar-refractivity contribution in [3.05, 3.63) is 34.9 Å². The molecule has 0 atom stereocenters. The summed E-state index contributed by atoms with van der Waals surface area (Å²) in [4.78, 5) is 11.4. The number of carbonyl (C=O) groups excluding carboxylic acids is 1. The summed E-state index contributed by atoms with van der Waals surface area (Å²) in [6.45, 7) is 2.50. The second-order valence-electron chi connectivity index (χ2n) is 3.35. The molecule has 16 heavy (non-hydrogen) atoms. The van der Waals surface area contributed by atoms with Crippen LogP contribution in [0.4, 0.5) is 0 Å². The average Bonchev–Trinajstić information content (AvgIpc) is 2.30. The molecule has 84 valence electrons. The first-order chi connectivity index (χ1) is 7.69. The molecule has 0 spiro atoms. The van der Waals surface area contributed by atoms with Gasteiger partial charge in [-0.25, -0.2) is 4.79 Å². The van der Waals surface area contributed by atoms with E-state index in [1.54, 1.807) is 6.07 Å². The first-order valence-electron chi connectivity index (χ1n) is 5.01. The Labute approximate surface area is 95.8 Å². The maximum absolute atomic E-state index is 11.4. The van der Waals surface area contributed by atoms with E-state index < -0.39 is 0 Å². The highest BCUT2D eigenvalue weighted by molar-refractivity contribution is 5.91. The van der Waals surface area contributed by atoms with E-state index in [9.17, 15) is 4.79 Å². The normalized spacial score (nSPS) is 9.19. The Hall–Kier alpha value is -1.79. The summed E-state index contributed by atoms with van der Waals surface area (Å²) in [7, 11) is 3.21. The maximum atomic E-state index is 11.4. The molecule has 1 aromatic rings. The molecule has 0 saturated carbocycles. The Balaban J connectivity index is 2.99. The molecule has 0 bridgehead atoms. The molecule has 0 radical (unpaired) electrons. The highest BCUT2D eigenvalue weighted by atomic mass is 16.5. The summed E-state index contributed by atoms with van der Waals surface area (Å²) in [5.41, 5.74) is 2.28. The SMILES string of the molecule is CNCC#Cc1ccc(C)c(C(=O)OC)c1. The largest absolute Gasteiger partial charge is 0.465 e. The van der Waals surface area contributed by atoms with Crippen LogP contribution in [0.25, 0.3) is 0 Å². The summed E-state index contributed by atoms with van der Waals surface area (Å²) in [6, 6.07) is 5.52. The molecule has 0 amide bonds. The van der Waals surface area contributed by atoms with Crippen molar-refractivity contribution >= 4 is 5.97 Å². The molecule has 0 aliphatic heterocycles. The van der Waals surface area contributed by atoms with Gasteiger partial charge >= 0.3 is 5.97 Å². The lowest BCUT2D eigenvalue weighted by Crippen LogP contribution is -2.05. The van der Waals surface area contributed by atoms with Gasteiger partial charge in [-0.1, -0.05) is 17.9 Å². The lowest BCUT2D eigenvalue weighted by Gasteiger charge is -2.03. The van der Waals surface area contributed by atoms with E-state index in [4.69, 9.17) is 4.74 Å². The van der Waals surface area contributed by atoms with Crippen molar-refractivity contribution in [2.24, 2.45) is 0 Å². The van der Waals surface area contributed by atoms with Crippen LogP contribution >= 0.6 is 0 Å². The third-order valence-electron chi connectivity index (χ3n) is 2.14. The zero-order chi connectivity index (χ0) is 12.0. The van der Waals surface area contributed by atoms with Gasteiger partial charge in [-0.3, -0.25) is 0 Å². The second kappa shape index (κ2) is 5.94. The van der Waals surface area contributed by atoms with E-state index in [0.29, 0.717) is 12.1 Å². The molecule has 0 saturated heterocycles. The quantitative estimate of drug-likeness (QED) is 0.600.